The van der Waals surface area contributed by atoms with Crippen molar-refractivity contribution < 1.29 is 39.1 Å². The van der Waals surface area contributed by atoms with Crippen LogP contribution in [-0.4, -0.2) is 89.8 Å². The molecule has 4 aromatic rings. The van der Waals surface area contributed by atoms with Gasteiger partial charge in [0.05, 0.1) is 48.5 Å². The van der Waals surface area contributed by atoms with E-state index in [1.807, 2.05) is 47.7 Å². The first-order valence-electron chi connectivity index (χ1n) is 16.3. The molecule has 0 spiro atoms. The number of aliphatic hydroxyl groups excluding tert-OH is 2. The molecule has 0 radical (unpaired) electrons. The summed E-state index contributed by atoms with van der Waals surface area (Å²) < 4.78 is 25.7. The van der Waals surface area contributed by atoms with E-state index in [2.05, 4.69) is 20.5 Å². The Bertz CT molecular complexity index is 1840. The number of aliphatic hydroxyl groups is 2. The van der Waals surface area contributed by atoms with Gasteiger partial charge in [-0.05, 0) is 68.6 Å². The number of benzene rings is 2. The number of aromatic carboxylic acids is 1. The Morgan fingerprint density at radius 2 is 1.92 bits per heavy atom. The van der Waals surface area contributed by atoms with Gasteiger partial charge in [-0.1, -0.05) is 46.3 Å². The fourth-order valence-electron chi connectivity index (χ4n) is 6.60. The Labute approximate surface area is 302 Å². The third-order valence-electron chi connectivity index (χ3n) is 9.57. The second-order valence-electron chi connectivity index (χ2n) is 13.1. The van der Waals surface area contributed by atoms with E-state index in [0.29, 0.717) is 52.9 Å². The van der Waals surface area contributed by atoms with Crippen LogP contribution in [0.15, 0.2) is 48.7 Å². The van der Waals surface area contributed by atoms with E-state index >= 15 is 0 Å². The number of nitrogens with zero attached hydrogens (tertiary/aromatic N) is 4. The highest BCUT2D eigenvalue weighted by molar-refractivity contribution is 14.1. The number of piperidine rings is 1. The summed E-state index contributed by atoms with van der Waals surface area (Å²) in [4.78, 5) is 24.0. The number of pyridine rings is 1. The highest BCUT2D eigenvalue weighted by Gasteiger charge is 2.42. The Kier molecular flexibility index (Phi) is 9.67. The highest BCUT2D eigenvalue weighted by atomic mass is 127. The standard InChI is InChI=1S/C35H38ClIN4O8/c1-34(29-6-5-23(36)15-38-29)48-27-4-2-3-25(32(27)49-34)21-7-10-40(11-8-21)17-30-39-31-26(41(30)16-24-9-12-46-24)13-22(33(44)45)14-28(31)47-20-35(37,18-42)19-43/h2-6,13-15,21,24,42-43H,7-12,16-20H2,1H3,(H,44,45)/t24-,34?/m0/s1. The molecule has 49 heavy (non-hydrogen) atoms. The molecule has 2 fully saturated rings. The summed E-state index contributed by atoms with van der Waals surface area (Å²) in [5.41, 5.74) is 3.02. The summed E-state index contributed by atoms with van der Waals surface area (Å²) in [5, 5.41) is 30.1. The van der Waals surface area contributed by atoms with Crippen LogP contribution in [0, 0.1) is 0 Å². The number of rotatable bonds is 12. The minimum atomic E-state index is -1.08. The van der Waals surface area contributed by atoms with E-state index in [1.54, 1.807) is 18.3 Å². The second kappa shape index (κ2) is 13.8. The lowest BCUT2D eigenvalue weighted by Crippen LogP contribution is -2.37. The van der Waals surface area contributed by atoms with Crippen molar-refractivity contribution in [3.63, 3.8) is 0 Å². The molecular formula is C35H38ClIN4O8. The number of ether oxygens (including phenoxy) is 4. The lowest BCUT2D eigenvalue weighted by atomic mass is 9.88. The zero-order valence-electron chi connectivity index (χ0n) is 27.0. The number of imidazole rings is 1. The molecule has 1 unspecified atom stereocenters. The van der Waals surface area contributed by atoms with Gasteiger partial charge in [-0.3, -0.25) is 9.88 Å². The Hall–Kier alpha value is -3.21. The number of hydrogen-bond donors (Lipinski definition) is 3. The molecule has 3 aliphatic heterocycles. The van der Waals surface area contributed by atoms with Gasteiger partial charge in [-0.25, -0.2) is 9.78 Å². The van der Waals surface area contributed by atoms with Crippen LogP contribution >= 0.6 is 34.2 Å². The number of carboxylic acid groups (broad SMARTS) is 1. The number of hydrogen-bond acceptors (Lipinski definition) is 10. The van der Waals surface area contributed by atoms with Crippen molar-refractivity contribution in [3.05, 3.63) is 76.3 Å². The van der Waals surface area contributed by atoms with Crippen LogP contribution in [0.3, 0.4) is 0 Å². The van der Waals surface area contributed by atoms with Crippen LogP contribution in [0.25, 0.3) is 11.0 Å². The number of alkyl halides is 1. The number of carbonyl (C=O) groups is 1. The summed E-state index contributed by atoms with van der Waals surface area (Å²) in [6.45, 7) is 4.69. The average Bonchev–Trinajstić information content (AvgIpc) is 3.62. The van der Waals surface area contributed by atoms with Crippen LogP contribution in [0.5, 0.6) is 17.2 Å². The lowest BCUT2D eigenvalue weighted by molar-refractivity contribution is -0.0722. The fraction of sp³-hybridized carbons (Fsp3) is 0.457. The Morgan fingerprint density at radius 1 is 1.14 bits per heavy atom. The smallest absolute Gasteiger partial charge is 0.335 e. The summed E-state index contributed by atoms with van der Waals surface area (Å²) in [6.07, 6.45) is 4.32. The molecule has 2 saturated heterocycles. The molecular weight excluding hydrogens is 767 g/mol. The number of aromatic nitrogens is 3. The van der Waals surface area contributed by atoms with Gasteiger partial charge < -0.3 is 38.8 Å². The molecule has 12 nitrogen and oxygen atoms in total. The van der Waals surface area contributed by atoms with Crippen molar-refractivity contribution in [2.75, 3.05) is 39.5 Å². The molecule has 260 valence electrons. The highest BCUT2D eigenvalue weighted by Crippen LogP contribution is 2.49. The predicted molar refractivity (Wildman–Crippen MR) is 189 cm³/mol. The molecule has 0 saturated carbocycles. The summed E-state index contributed by atoms with van der Waals surface area (Å²) in [7, 11) is 0. The molecule has 3 aliphatic rings. The first-order chi connectivity index (χ1) is 23.6. The number of halogens is 2. The van der Waals surface area contributed by atoms with Gasteiger partial charge in [0.15, 0.2) is 11.5 Å². The number of para-hydroxylation sites is 1. The summed E-state index contributed by atoms with van der Waals surface area (Å²) in [5.74, 6) is 0.674. The molecule has 2 aromatic heterocycles. The van der Waals surface area contributed by atoms with Gasteiger partial charge in [-0.15, -0.1) is 0 Å². The minimum Gasteiger partial charge on any atom is -0.490 e. The molecule has 14 heteroatoms. The third kappa shape index (κ3) is 6.93. The van der Waals surface area contributed by atoms with Gasteiger partial charge in [-0.2, -0.15) is 0 Å². The van der Waals surface area contributed by atoms with Crippen molar-refractivity contribution in [2.24, 2.45) is 0 Å². The maximum absolute atomic E-state index is 12.1. The van der Waals surface area contributed by atoms with Crippen LogP contribution in [0.1, 0.15) is 59.5 Å². The Morgan fingerprint density at radius 3 is 2.57 bits per heavy atom. The predicted octanol–water partition coefficient (Wildman–Crippen LogP) is 5.13. The second-order valence-corrected chi connectivity index (χ2v) is 15.8. The van der Waals surface area contributed by atoms with E-state index in [1.165, 1.54) is 6.07 Å². The maximum Gasteiger partial charge on any atom is 0.335 e. The Balaban J connectivity index is 1.11. The molecule has 2 atom stereocenters. The van der Waals surface area contributed by atoms with Gasteiger partial charge in [0.25, 0.3) is 5.79 Å². The molecule has 7 rings (SSSR count). The number of fused-ring (bicyclic) bond motifs is 2. The third-order valence-corrected chi connectivity index (χ3v) is 10.8. The van der Waals surface area contributed by atoms with E-state index in [4.69, 9.17) is 35.5 Å². The normalized spacial score (nSPS) is 21.2. The first-order valence-corrected chi connectivity index (χ1v) is 17.8. The summed E-state index contributed by atoms with van der Waals surface area (Å²) in [6, 6.07) is 12.7. The molecule has 5 heterocycles. The molecule has 2 aromatic carbocycles. The van der Waals surface area contributed by atoms with Gasteiger partial charge in [0.1, 0.15) is 32.8 Å². The van der Waals surface area contributed by atoms with Crippen LogP contribution in [0.4, 0.5) is 0 Å². The fourth-order valence-corrected chi connectivity index (χ4v) is 6.87. The van der Waals surface area contributed by atoms with Crippen LogP contribution in [-0.2, 0) is 23.6 Å². The number of carboxylic acids is 1. The van der Waals surface area contributed by atoms with Gasteiger partial charge in [0, 0.05) is 25.3 Å². The minimum absolute atomic E-state index is 0.0154. The van der Waals surface area contributed by atoms with E-state index in [0.717, 1.165) is 49.5 Å². The van der Waals surface area contributed by atoms with Crippen LogP contribution in [0.2, 0.25) is 5.02 Å². The SMILES string of the molecule is CC1(c2ccc(Cl)cn2)Oc2cccc(C3CCN(Cc4nc5c(OCC(I)(CO)CO)cc(C(=O)O)cc5n4C[C@@H]4CCO4)CC3)c2O1. The quantitative estimate of drug-likeness (QED) is 0.129. The van der Waals surface area contributed by atoms with E-state index in [9.17, 15) is 20.1 Å². The van der Waals surface area contributed by atoms with Crippen molar-refractivity contribution in [3.8, 4) is 17.2 Å². The zero-order valence-corrected chi connectivity index (χ0v) is 29.9. The van der Waals surface area contributed by atoms with E-state index < -0.39 is 15.2 Å². The van der Waals surface area contributed by atoms with Gasteiger partial charge in [0.2, 0.25) is 0 Å². The van der Waals surface area contributed by atoms with Crippen molar-refractivity contribution in [1.29, 1.82) is 0 Å². The largest absolute Gasteiger partial charge is 0.490 e. The average molecular weight is 805 g/mol. The van der Waals surface area contributed by atoms with E-state index in [-0.39, 0.29) is 37.4 Å². The lowest BCUT2D eigenvalue weighted by Gasteiger charge is -2.33. The molecule has 0 aliphatic carbocycles. The molecule has 0 bridgehead atoms. The zero-order chi connectivity index (χ0) is 34.3. The topological polar surface area (TPSA) is 149 Å². The monoisotopic (exact) mass is 804 g/mol. The van der Waals surface area contributed by atoms with Crippen LogP contribution < -0.4 is 14.2 Å². The van der Waals surface area contributed by atoms with Gasteiger partial charge >= 0.3 is 5.97 Å². The molecule has 3 N–H and O–H groups in total. The number of likely N-dealkylation sites (tertiary alicyclic amines) is 1. The first kappa shape index (κ1) is 34.2. The van der Waals surface area contributed by atoms with Crippen molar-refractivity contribution in [2.45, 2.75) is 60.5 Å². The van der Waals surface area contributed by atoms with Crippen molar-refractivity contribution in [1.82, 2.24) is 19.4 Å². The molecule has 0 amide bonds. The summed E-state index contributed by atoms with van der Waals surface area (Å²) >= 11 is 8.02. The van der Waals surface area contributed by atoms with Crippen molar-refractivity contribution >= 4 is 51.2 Å². The maximum atomic E-state index is 12.1.